The number of aromatic nitrogens is 1. The van der Waals surface area contributed by atoms with E-state index in [1.54, 1.807) is 52.2 Å². The Hall–Kier alpha value is -3.16. The highest BCUT2D eigenvalue weighted by Crippen LogP contribution is 2.41. The summed E-state index contributed by atoms with van der Waals surface area (Å²) >= 11 is 1.18. The average molecular weight is 607 g/mol. The maximum Gasteiger partial charge on any atom is 0.414 e. The van der Waals surface area contributed by atoms with Gasteiger partial charge in [0, 0.05) is 44.2 Å². The van der Waals surface area contributed by atoms with E-state index in [9.17, 15) is 22.8 Å². The van der Waals surface area contributed by atoms with Crippen molar-refractivity contribution < 1.29 is 32.3 Å². The lowest BCUT2D eigenvalue weighted by molar-refractivity contribution is -0.150. The molecule has 2 amide bonds. The number of sulfonamides is 1. The molecule has 2 aromatic rings. The molecule has 3 rings (SSSR count). The Balaban J connectivity index is 1.85. The molecule has 1 aliphatic rings. The fourth-order valence-corrected chi connectivity index (χ4v) is 7.61. The van der Waals surface area contributed by atoms with Gasteiger partial charge in [-0.1, -0.05) is 32.9 Å². The maximum absolute atomic E-state index is 13.6. The summed E-state index contributed by atoms with van der Waals surface area (Å²) in [5, 5.41) is 1.64. The van der Waals surface area contributed by atoms with E-state index in [0.29, 0.717) is 17.1 Å². The standard InChI is InChI=1S/C28H38N4O7S2/c1-27(2,3)17-38-25(34)22(15-19-10-12-20(13-11-19)39-26(35)31(6)7)30-23(33)24-32(28(4,5)18-40-24)41(36,37)21-9-8-14-29-16-21/h8-14,16,22,24H,15,17-18H2,1-7H3,(H,30,33)/t22-,24-/m0/s1. The summed E-state index contributed by atoms with van der Waals surface area (Å²) in [6.07, 6.45) is 2.26. The molecule has 13 heteroatoms. The van der Waals surface area contributed by atoms with E-state index in [0.717, 1.165) is 0 Å². The van der Waals surface area contributed by atoms with Crippen molar-refractivity contribution in [3.8, 4) is 5.75 Å². The molecule has 0 radical (unpaired) electrons. The number of carbonyl (C=O) groups is 3. The minimum absolute atomic E-state index is 0.0235. The first-order valence-corrected chi connectivity index (χ1v) is 15.5. The van der Waals surface area contributed by atoms with Crippen LogP contribution in [-0.4, -0.2) is 84.0 Å². The first-order chi connectivity index (χ1) is 19.0. The Kier molecular flexibility index (Phi) is 10.1. The number of rotatable bonds is 9. The molecule has 0 spiro atoms. The number of nitrogens with one attached hydrogen (secondary N) is 1. The fourth-order valence-electron chi connectivity index (χ4n) is 3.92. The predicted octanol–water partition coefficient (Wildman–Crippen LogP) is 3.30. The third kappa shape index (κ3) is 8.43. The topological polar surface area (TPSA) is 135 Å². The Bertz CT molecular complexity index is 1340. The Labute approximate surface area is 246 Å². The number of nitrogens with zero attached hydrogens (tertiary/aromatic N) is 3. The molecular formula is C28H38N4O7S2. The molecular weight excluding hydrogens is 568 g/mol. The van der Waals surface area contributed by atoms with Gasteiger partial charge in [-0.15, -0.1) is 11.8 Å². The summed E-state index contributed by atoms with van der Waals surface area (Å²) in [6, 6.07) is 8.41. The maximum atomic E-state index is 13.6. The van der Waals surface area contributed by atoms with Gasteiger partial charge in [-0.2, -0.15) is 4.31 Å². The van der Waals surface area contributed by atoms with E-state index >= 15 is 0 Å². The first kappa shape index (κ1) is 32.4. The Morgan fingerprint density at radius 1 is 1.17 bits per heavy atom. The number of carbonyl (C=O) groups excluding carboxylic acids is 3. The predicted molar refractivity (Wildman–Crippen MR) is 156 cm³/mol. The number of hydrogen-bond acceptors (Lipinski definition) is 9. The lowest BCUT2D eigenvalue weighted by Crippen LogP contribution is -2.55. The SMILES string of the molecule is CN(C)C(=O)Oc1ccc(C[C@H](NC(=O)[C@@H]2SCC(C)(C)N2S(=O)(=O)c2cccnc2)C(=O)OCC(C)(C)C)cc1. The molecule has 0 saturated carbocycles. The summed E-state index contributed by atoms with van der Waals surface area (Å²) < 4.78 is 39.2. The normalized spacial score (nSPS) is 17.9. The van der Waals surface area contributed by atoms with Crippen LogP contribution in [0.4, 0.5) is 4.79 Å². The zero-order chi connectivity index (χ0) is 30.6. The smallest absolute Gasteiger partial charge is 0.414 e. The molecule has 0 aliphatic carbocycles. The summed E-state index contributed by atoms with van der Waals surface area (Å²) in [4.78, 5) is 43.9. The van der Waals surface area contributed by atoms with Crippen LogP contribution in [0.5, 0.6) is 5.75 Å². The van der Waals surface area contributed by atoms with E-state index in [-0.39, 0.29) is 23.3 Å². The molecule has 1 fully saturated rings. The minimum atomic E-state index is -4.08. The van der Waals surface area contributed by atoms with Gasteiger partial charge in [0.05, 0.1) is 6.61 Å². The number of benzene rings is 1. The molecule has 11 nitrogen and oxygen atoms in total. The molecule has 0 bridgehead atoms. The second-order valence-electron chi connectivity index (χ2n) is 11.8. The first-order valence-electron chi connectivity index (χ1n) is 13.0. The number of esters is 1. The van der Waals surface area contributed by atoms with Crippen LogP contribution in [0.25, 0.3) is 0 Å². The van der Waals surface area contributed by atoms with Crippen LogP contribution in [0.3, 0.4) is 0 Å². The summed E-state index contributed by atoms with van der Waals surface area (Å²) in [6.45, 7) is 9.38. The summed E-state index contributed by atoms with van der Waals surface area (Å²) in [5.41, 5.74) is -0.502. The zero-order valence-corrected chi connectivity index (χ0v) is 26.0. The highest BCUT2D eigenvalue weighted by molar-refractivity contribution is 8.02. The molecule has 1 saturated heterocycles. The van der Waals surface area contributed by atoms with Gasteiger partial charge in [-0.3, -0.25) is 9.78 Å². The molecule has 1 aromatic carbocycles. The molecule has 1 aromatic heterocycles. The van der Waals surface area contributed by atoms with Crippen LogP contribution in [0.2, 0.25) is 0 Å². The van der Waals surface area contributed by atoms with Crippen molar-refractivity contribution in [2.24, 2.45) is 5.41 Å². The van der Waals surface area contributed by atoms with Gasteiger partial charge in [0.1, 0.15) is 22.1 Å². The summed E-state index contributed by atoms with van der Waals surface area (Å²) in [7, 11) is -0.939. The van der Waals surface area contributed by atoms with Crippen molar-refractivity contribution in [1.82, 2.24) is 19.5 Å². The average Bonchev–Trinajstić information content (AvgIpc) is 3.23. The number of pyridine rings is 1. The molecule has 1 N–H and O–H groups in total. The van der Waals surface area contributed by atoms with Gasteiger partial charge in [0.2, 0.25) is 15.9 Å². The third-order valence-corrected chi connectivity index (χ3v) is 9.81. The monoisotopic (exact) mass is 606 g/mol. The minimum Gasteiger partial charge on any atom is -0.464 e. The van der Waals surface area contributed by atoms with Gasteiger partial charge >= 0.3 is 12.1 Å². The summed E-state index contributed by atoms with van der Waals surface area (Å²) in [5.74, 6) is -0.566. The molecule has 2 heterocycles. The molecule has 0 unspecified atom stereocenters. The molecule has 224 valence electrons. The highest BCUT2D eigenvalue weighted by Gasteiger charge is 2.51. The largest absolute Gasteiger partial charge is 0.464 e. The van der Waals surface area contributed by atoms with E-state index < -0.39 is 44.9 Å². The van der Waals surface area contributed by atoms with Crippen LogP contribution < -0.4 is 10.1 Å². The van der Waals surface area contributed by atoms with Crippen LogP contribution in [-0.2, 0) is 30.8 Å². The van der Waals surface area contributed by atoms with E-state index in [1.165, 1.54) is 45.5 Å². The van der Waals surface area contributed by atoms with Crippen molar-refractivity contribution in [3.63, 3.8) is 0 Å². The van der Waals surface area contributed by atoms with Crippen LogP contribution in [0.1, 0.15) is 40.2 Å². The lowest BCUT2D eigenvalue weighted by atomic mass is 9.98. The van der Waals surface area contributed by atoms with Gasteiger partial charge in [0.25, 0.3) is 0 Å². The zero-order valence-electron chi connectivity index (χ0n) is 24.4. The van der Waals surface area contributed by atoms with Gasteiger partial charge in [-0.25, -0.2) is 18.0 Å². The van der Waals surface area contributed by atoms with Gasteiger partial charge < -0.3 is 19.7 Å². The van der Waals surface area contributed by atoms with Crippen molar-refractivity contribution in [2.75, 3.05) is 26.5 Å². The highest BCUT2D eigenvalue weighted by atomic mass is 32.2. The van der Waals surface area contributed by atoms with Crippen LogP contribution >= 0.6 is 11.8 Å². The van der Waals surface area contributed by atoms with Crippen molar-refractivity contribution in [2.45, 2.75) is 62.9 Å². The second-order valence-corrected chi connectivity index (χ2v) is 14.7. The van der Waals surface area contributed by atoms with Crippen LogP contribution in [0.15, 0.2) is 53.7 Å². The number of ether oxygens (including phenoxy) is 2. The Morgan fingerprint density at radius 2 is 1.83 bits per heavy atom. The van der Waals surface area contributed by atoms with Gasteiger partial charge in [-0.05, 0) is 49.1 Å². The number of hydrogen-bond donors (Lipinski definition) is 1. The third-order valence-electron chi connectivity index (χ3n) is 6.00. The van der Waals surface area contributed by atoms with E-state index in [4.69, 9.17) is 9.47 Å². The molecule has 2 atom stereocenters. The van der Waals surface area contributed by atoms with Crippen LogP contribution in [0, 0.1) is 5.41 Å². The fraction of sp³-hybridized carbons (Fsp3) is 0.500. The van der Waals surface area contributed by atoms with E-state index in [2.05, 4.69) is 10.3 Å². The second kappa shape index (κ2) is 12.8. The Morgan fingerprint density at radius 3 is 2.39 bits per heavy atom. The van der Waals surface area contributed by atoms with Crippen molar-refractivity contribution in [3.05, 3.63) is 54.4 Å². The van der Waals surface area contributed by atoms with Gasteiger partial charge in [0.15, 0.2) is 0 Å². The quantitative estimate of drug-likeness (QED) is 0.427. The van der Waals surface area contributed by atoms with Crippen molar-refractivity contribution in [1.29, 1.82) is 0 Å². The van der Waals surface area contributed by atoms with Crippen molar-refractivity contribution >= 4 is 39.8 Å². The molecule has 1 aliphatic heterocycles. The number of thioether (sulfide) groups is 1. The number of amides is 2. The lowest BCUT2D eigenvalue weighted by Gasteiger charge is -2.33. The molecule has 41 heavy (non-hydrogen) atoms. The van der Waals surface area contributed by atoms with E-state index in [1.807, 2.05) is 20.8 Å².